The minimum atomic E-state index is 0.422. The van der Waals surface area contributed by atoms with Crippen LogP contribution in [0.4, 0.5) is 5.13 Å². The van der Waals surface area contributed by atoms with E-state index in [0.29, 0.717) is 6.04 Å². The summed E-state index contributed by atoms with van der Waals surface area (Å²) in [4.78, 5) is 8.10. The lowest BCUT2D eigenvalue weighted by Crippen LogP contribution is -2.32. The Kier molecular flexibility index (Phi) is 5.36. The predicted molar refractivity (Wildman–Crippen MR) is 85.3 cm³/mol. The van der Waals surface area contributed by atoms with Crippen molar-refractivity contribution in [3.05, 3.63) is 33.5 Å². The molecule has 0 aromatic carbocycles. The lowest BCUT2D eigenvalue weighted by atomic mass is 10.1. The first-order valence-corrected chi connectivity index (χ1v) is 8.43. The van der Waals surface area contributed by atoms with Crippen LogP contribution in [0.1, 0.15) is 30.3 Å². The standard InChI is InChI=1S/C14H21N3S2/c1-4-17(5-2)13(12-6-7-18-10-12)9-16-14-15-8-11(3)19-14/h6-8,10,13H,4-5,9H2,1-3H3,(H,15,16). The summed E-state index contributed by atoms with van der Waals surface area (Å²) in [6.07, 6.45) is 1.92. The second-order valence-corrected chi connectivity index (χ2v) is 6.47. The lowest BCUT2D eigenvalue weighted by Gasteiger charge is -2.29. The van der Waals surface area contributed by atoms with Crippen molar-refractivity contribution in [3.8, 4) is 0 Å². The zero-order valence-corrected chi connectivity index (χ0v) is 13.4. The SMILES string of the molecule is CCN(CC)C(CNc1ncc(C)s1)c1ccsc1. The van der Waals surface area contributed by atoms with Crippen LogP contribution in [-0.4, -0.2) is 29.5 Å². The van der Waals surface area contributed by atoms with Gasteiger partial charge in [-0.1, -0.05) is 13.8 Å². The molecule has 2 aromatic rings. The number of hydrogen-bond donors (Lipinski definition) is 1. The van der Waals surface area contributed by atoms with E-state index in [0.717, 1.165) is 24.8 Å². The number of thiazole rings is 1. The summed E-state index contributed by atoms with van der Waals surface area (Å²) in [5, 5.41) is 8.89. The number of thiophene rings is 1. The zero-order chi connectivity index (χ0) is 13.7. The van der Waals surface area contributed by atoms with Crippen LogP contribution in [0.5, 0.6) is 0 Å². The molecule has 2 heterocycles. The largest absolute Gasteiger partial charge is 0.360 e. The maximum atomic E-state index is 4.37. The summed E-state index contributed by atoms with van der Waals surface area (Å²) in [5.41, 5.74) is 1.40. The molecule has 5 heteroatoms. The summed E-state index contributed by atoms with van der Waals surface area (Å²) in [6, 6.07) is 2.65. The van der Waals surface area contributed by atoms with Gasteiger partial charge in [0.15, 0.2) is 5.13 Å². The van der Waals surface area contributed by atoms with E-state index in [-0.39, 0.29) is 0 Å². The molecule has 104 valence electrons. The predicted octanol–water partition coefficient (Wildman–Crippen LogP) is 4.01. The third-order valence-corrected chi connectivity index (χ3v) is 4.82. The molecular formula is C14H21N3S2. The Morgan fingerprint density at radius 2 is 2.16 bits per heavy atom. The summed E-state index contributed by atoms with van der Waals surface area (Å²) in [7, 11) is 0. The lowest BCUT2D eigenvalue weighted by molar-refractivity contribution is 0.228. The molecule has 1 unspecified atom stereocenters. The van der Waals surface area contributed by atoms with Crippen molar-refractivity contribution in [3.63, 3.8) is 0 Å². The van der Waals surface area contributed by atoms with Gasteiger partial charge in [-0.15, -0.1) is 11.3 Å². The number of rotatable bonds is 7. The second-order valence-electron chi connectivity index (χ2n) is 4.45. The molecule has 0 spiro atoms. The minimum absolute atomic E-state index is 0.422. The van der Waals surface area contributed by atoms with Gasteiger partial charge < -0.3 is 5.32 Å². The normalized spacial score (nSPS) is 12.8. The maximum Gasteiger partial charge on any atom is 0.182 e. The number of nitrogens with zero attached hydrogens (tertiary/aromatic N) is 2. The van der Waals surface area contributed by atoms with E-state index in [1.807, 2.05) is 6.20 Å². The van der Waals surface area contributed by atoms with Gasteiger partial charge in [-0.05, 0) is 42.4 Å². The molecule has 2 rings (SSSR count). The van der Waals surface area contributed by atoms with E-state index in [1.54, 1.807) is 22.7 Å². The maximum absolute atomic E-state index is 4.37. The fourth-order valence-corrected chi connectivity index (χ4v) is 3.59. The van der Waals surface area contributed by atoms with Crippen LogP contribution in [0.2, 0.25) is 0 Å². The Labute approximate surface area is 123 Å². The molecule has 0 aliphatic heterocycles. The van der Waals surface area contributed by atoms with E-state index in [1.165, 1.54) is 10.4 Å². The molecule has 1 N–H and O–H groups in total. The molecule has 0 fully saturated rings. The van der Waals surface area contributed by atoms with Crippen LogP contribution < -0.4 is 5.32 Å². The molecule has 19 heavy (non-hydrogen) atoms. The number of aryl methyl sites for hydroxylation is 1. The van der Waals surface area contributed by atoms with Crippen LogP contribution in [0.15, 0.2) is 23.0 Å². The molecular weight excluding hydrogens is 274 g/mol. The van der Waals surface area contributed by atoms with Crippen LogP contribution in [0.25, 0.3) is 0 Å². The number of nitrogens with one attached hydrogen (secondary N) is 1. The average Bonchev–Trinajstić information content (AvgIpc) is 3.06. The monoisotopic (exact) mass is 295 g/mol. The number of likely N-dealkylation sites (N-methyl/N-ethyl adjacent to an activating group) is 1. The van der Waals surface area contributed by atoms with Crippen molar-refractivity contribution in [1.29, 1.82) is 0 Å². The Morgan fingerprint density at radius 1 is 1.37 bits per heavy atom. The van der Waals surface area contributed by atoms with Gasteiger partial charge >= 0.3 is 0 Å². The molecule has 0 amide bonds. The second kappa shape index (κ2) is 7.03. The topological polar surface area (TPSA) is 28.2 Å². The van der Waals surface area contributed by atoms with Crippen molar-refractivity contribution in [2.45, 2.75) is 26.8 Å². The van der Waals surface area contributed by atoms with E-state index < -0.39 is 0 Å². The fourth-order valence-electron chi connectivity index (χ4n) is 2.21. The highest BCUT2D eigenvalue weighted by Crippen LogP contribution is 2.24. The van der Waals surface area contributed by atoms with E-state index in [4.69, 9.17) is 0 Å². The van der Waals surface area contributed by atoms with Gasteiger partial charge in [-0.25, -0.2) is 4.98 Å². The fraction of sp³-hybridized carbons (Fsp3) is 0.500. The summed E-state index contributed by atoms with van der Waals surface area (Å²) in [5.74, 6) is 0. The van der Waals surface area contributed by atoms with Crippen LogP contribution in [0, 0.1) is 6.92 Å². The smallest absolute Gasteiger partial charge is 0.182 e. The van der Waals surface area contributed by atoms with Gasteiger partial charge in [0, 0.05) is 17.6 Å². The highest BCUT2D eigenvalue weighted by atomic mass is 32.1. The Balaban J connectivity index is 2.05. The van der Waals surface area contributed by atoms with Crippen molar-refractivity contribution in [1.82, 2.24) is 9.88 Å². The average molecular weight is 295 g/mol. The van der Waals surface area contributed by atoms with Gasteiger partial charge in [0.1, 0.15) is 0 Å². The zero-order valence-electron chi connectivity index (χ0n) is 11.7. The number of anilines is 1. The van der Waals surface area contributed by atoms with E-state index in [2.05, 4.69) is 52.8 Å². The first-order chi connectivity index (χ1) is 9.24. The first-order valence-electron chi connectivity index (χ1n) is 6.67. The van der Waals surface area contributed by atoms with Crippen LogP contribution in [-0.2, 0) is 0 Å². The molecule has 0 aliphatic carbocycles. The first kappa shape index (κ1) is 14.5. The highest BCUT2D eigenvalue weighted by Gasteiger charge is 2.18. The van der Waals surface area contributed by atoms with Crippen molar-refractivity contribution < 1.29 is 0 Å². The Hall–Kier alpha value is -0.910. The molecule has 3 nitrogen and oxygen atoms in total. The molecule has 0 radical (unpaired) electrons. The van der Waals surface area contributed by atoms with Gasteiger partial charge in [0.2, 0.25) is 0 Å². The van der Waals surface area contributed by atoms with Gasteiger partial charge in [-0.2, -0.15) is 11.3 Å². The van der Waals surface area contributed by atoms with Crippen molar-refractivity contribution in [2.75, 3.05) is 25.0 Å². The molecule has 2 aromatic heterocycles. The molecule has 0 bridgehead atoms. The minimum Gasteiger partial charge on any atom is -0.360 e. The van der Waals surface area contributed by atoms with Gasteiger partial charge in [0.25, 0.3) is 0 Å². The van der Waals surface area contributed by atoms with E-state index >= 15 is 0 Å². The highest BCUT2D eigenvalue weighted by molar-refractivity contribution is 7.15. The quantitative estimate of drug-likeness (QED) is 0.836. The molecule has 1 atom stereocenters. The van der Waals surface area contributed by atoms with E-state index in [9.17, 15) is 0 Å². The molecule has 0 saturated heterocycles. The van der Waals surface area contributed by atoms with Crippen molar-refractivity contribution in [2.24, 2.45) is 0 Å². The van der Waals surface area contributed by atoms with Gasteiger partial charge in [-0.3, -0.25) is 4.90 Å². The summed E-state index contributed by atoms with van der Waals surface area (Å²) in [6.45, 7) is 9.56. The van der Waals surface area contributed by atoms with Crippen molar-refractivity contribution >= 4 is 27.8 Å². The molecule has 0 saturated carbocycles. The Bertz CT molecular complexity index is 475. The Morgan fingerprint density at radius 3 is 2.68 bits per heavy atom. The third-order valence-electron chi connectivity index (χ3n) is 3.25. The number of hydrogen-bond acceptors (Lipinski definition) is 5. The van der Waals surface area contributed by atoms with Gasteiger partial charge in [0.05, 0.1) is 6.04 Å². The molecule has 0 aliphatic rings. The van der Waals surface area contributed by atoms with Crippen LogP contribution in [0.3, 0.4) is 0 Å². The summed E-state index contributed by atoms with van der Waals surface area (Å²) >= 11 is 3.48. The number of aromatic nitrogens is 1. The van der Waals surface area contributed by atoms with Crippen LogP contribution >= 0.6 is 22.7 Å². The third kappa shape index (κ3) is 3.78. The summed E-state index contributed by atoms with van der Waals surface area (Å²) < 4.78 is 0.